The number of fused-ring (bicyclic) bond motifs is 1. The number of anilines is 1. The third-order valence-electron chi connectivity index (χ3n) is 4.62. The number of imidazole rings is 1. The lowest BCUT2D eigenvalue weighted by Gasteiger charge is -2.18. The lowest BCUT2D eigenvalue weighted by Crippen LogP contribution is -2.17. The second kappa shape index (κ2) is 9.84. The lowest BCUT2D eigenvalue weighted by atomic mass is 10.00. The summed E-state index contributed by atoms with van der Waals surface area (Å²) in [5.74, 6) is 0.990. The number of carbonyl (C=O) groups is 1. The molecule has 0 radical (unpaired) electrons. The molecule has 3 heterocycles. The summed E-state index contributed by atoms with van der Waals surface area (Å²) < 4.78 is 18.7. The van der Waals surface area contributed by atoms with Crippen molar-refractivity contribution in [3.05, 3.63) is 12.7 Å². The molecular formula is C18H28N5O5PS. The first-order valence-corrected chi connectivity index (χ1v) is 11.8. The van der Waals surface area contributed by atoms with Gasteiger partial charge in [0.1, 0.15) is 18.1 Å². The van der Waals surface area contributed by atoms with Gasteiger partial charge in [-0.25, -0.2) is 15.0 Å². The van der Waals surface area contributed by atoms with Gasteiger partial charge in [-0.05, 0) is 6.42 Å². The highest BCUT2D eigenvalue weighted by molar-refractivity contribution is 8.13. The van der Waals surface area contributed by atoms with Crippen LogP contribution in [0.5, 0.6) is 0 Å². The minimum absolute atomic E-state index is 0.0905. The molecule has 10 nitrogen and oxygen atoms in total. The predicted octanol–water partition coefficient (Wildman–Crippen LogP) is 2.89. The number of nitrogens with two attached hydrogens (primary N) is 1. The van der Waals surface area contributed by atoms with Crippen LogP contribution in [-0.4, -0.2) is 54.6 Å². The molecule has 12 heteroatoms. The van der Waals surface area contributed by atoms with Crippen molar-refractivity contribution < 1.29 is 23.5 Å². The largest absolute Gasteiger partial charge is 0.382 e. The van der Waals surface area contributed by atoms with Gasteiger partial charge in [0, 0.05) is 17.1 Å². The molecule has 1 aliphatic rings. The Balaban J connectivity index is 1.44. The summed E-state index contributed by atoms with van der Waals surface area (Å²) in [7, 11) is -2.02. The normalized spacial score (nSPS) is 23.2. The molecule has 4 atom stereocenters. The molecule has 3 N–H and O–H groups in total. The molecule has 30 heavy (non-hydrogen) atoms. The van der Waals surface area contributed by atoms with Gasteiger partial charge in [-0.1, -0.05) is 39.5 Å². The van der Waals surface area contributed by atoms with Crippen LogP contribution < -0.4 is 5.73 Å². The number of hydrogen-bond acceptors (Lipinski definition) is 10. The van der Waals surface area contributed by atoms with Crippen LogP contribution in [0.25, 0.3) is 11.2 Å². The molecule has 0 bridgehead atoms. The maximum Gasteiger partial charge on any atom is 0.329 e. The average molecular weight is 457 g/mol. The summed E-state index contributed by atoms with van der Waals surface area (Å²) in [6.45, 7) is 8.13. The van der Waals surface area contributed by atoms with Crippen LogP contribution in [0, 0.1) is 11.3 Å². The number of carbonyl (C=O) groups excluding carboxylic acids is 1. The molecule has 0 saturated carbocycles. The van der Waals surface area contributed by atoms with Crippen molar-refractivity contribution >= 4 is 42.5 Å². The van der Waals surface area contributed by atoms with Crippen LogP contribution in [0.1, 0.15) is 40.3 Å². The number of aromatic nitrogens is 4. The number of rotatable bonds is 8. The molecule has 0 aromatic carbocycles. The monoisotopic (exact) mass is 457 g/mol. The second-order valence-electron chi connectivity index (χ2n) is 8.20. The van der Waals surface area contributed by atoms with Crippen LogP contribution in [0.3, 0.4) is 0 Å². The van der Waals surface area contributed by atoms with E-state index >= 15 is 0 Å². The second-order valence-corrected chi connectivity index (χ2v) is 10.3. The Morgan fingerprint density at radius 3 is 2.90 bits per heavy atom. The summed E-state index contributed by atoms with van der Waals surface area (Å²) in [4.78, 5) is 34.3. The molecule has 1 aliphatic heterocycles. The van der Waals surface area contributed by atoms with E-state index in [1.165, 1.54) is 18.1 Å². The minimum Gasteiger partial charge on any atom is -0.382 e. The van der Waals surface area contributed by atoms with Crippen molar-refractivity contribution in [2.24, 2.45) is 11.3 Å². The fraction of sp³-hybridized carbons (Fsp3) is 0.667. The van der Waals surface area contributed by atoms with Crippen molar-refractivity contribution in [3.63, 3.8) is 0 Å². The standard InChI is InChI=1S/C18H28N5O5PS/c1-11-7-12(8-27-29(25)26-5-6-30-17(24)18(2,3)4)28-16(11)23-10-22-13-14(19)20-9-21-15(13)23/h9-12,16,25H,5-8H2,1-4H3,(H2,19,20,21). The third kappa shape index (κ3) is 5.66. The molecule has 2 aromatic heterocycles. The van der Waals surface area contributed by atoms with Gasteiger partial charge in [0.05, 0.1) is 25.6 Å². The van der Waals surface area contributed by atoms with Crippen molar-refractivity contribution in [2.75, 3.05) is 24.7 Å². The zero-order chi connectivity index (χ0) is 21.9. The minimum atomic E-state index is -2.02. The zero-order valence-corrected chi connectivity index (χ0v) is 19.2. The van der Waals surface area contributed by atoms with Crippen molar-refractivity contribution in [3.8, 4) is 0 Å². The van der Waals surface area contributed by atoms with Gasteiger partial charge in [-0.3, -0.25) is 9.36 Å². The SMILES string of the molecule is CC1CC(COP(O)OCCSC(=O)C(C)(C)C)OC1n1cnc2c(N)ncnc21. The molecule has 0 aliphatic carbocycles. The van der Waals surface area contributed by atoms with Crippen molar-refractivity contribution in [2.45, 2.75) is 46.4 Å². The van der Waals surface area contributed by atoms with Crippen molar-refractivity contribution in [1.29, 1.82) is 0 Å². The first kappa shape index (κ1) is 23.3. The summed E-state index contributed by atoms with van der Waals surface area (Å²) in [5.41, 5.74) is 6.62. The Morgan fingerprint density at radius 2 is 2.17 bits per heavy atom. The smallest absolute Gasteiger partial charge is 0.329 e. The van der Waals surface area contributed by atoms with E-state index < -0.39 is 14.0 Å². The first-order chi connectivity index (χ1) is 14.2. The highest BCUT2D eigenvalue weighted by atomic mass is 32.2. The van der Waals surface area contributed by atoms with Gasteiger partial charge >= 0.3 is 8.60 Å². The van der Waals surface area contributed by atoms with Gasteiger partial charge in [-0.2, -0.15) is 0 Å². The van der Waals surface area contributed by atoms with Gasteiger partial charge in [0.2, 0.25) is 0 Å². The topological polar surface area (TPSA) is 135 Å². The maximum atomic E-state index is 11.8. The molecule has 1 fully saturated rings. The molecule has 3 rings (SSSR count). The van der Waals surface area contributed by atoms with Gasteiger partial charge < -0.3 is 24.4 Å². The van der Waals surface area contributed by atoms with E-state index in [0.717, 1.165) is 6.42 Å². The highest BCUT2D eigenvalue weighted by Gasteiger charge is 2.35. The molecule has 0 amide bonds. The zero-order valence-electron chi connectivity index (χ0n) is 17.5. The number of thioether (sulfide) groups is 1. The number of nitrogens with zero attached hydrogens (tertiary/aromatic N) is 4. The third-order valence-corrected chi connectivity index (χ3v) is 6.63. The average Bonchev–Trinajstić information content (AvgIpc) is 3.26. The Kier molecular flexibility index (Phi) is 7.65. The molecule has 0 spiro atoms. The Labute approximate surface area is 180 Å². The van der Waals surface area contributed by atoms with E-state index in [4.69, 9.17) is 19.5 Å². The van der Waals surface area contributed by atoms with Crippen molar-refractivity contribution in [1.82, 2.24) is 19.5 Å². The molecule has 1 saturated heterocycles. The summed E-state index contributed by atoms with van der Waals surface area (Å²) in [6.07, 6.45) is 3.35. The van der Waals surface area contributed by atoms with E-state index in [2.05, 4.69) is 21.9 Å². The van der Waals surface area contributed by atoms with Gasteiger partial charge in [0.25, 0.3) is 0 Å². The van der Waals surface area contributed by atoms with Crippen LogP contribution in [0.2, 0.25) is 0 Å². The molecule has 166 valence electrons. The number of nitrogen functional groups attached to an aromatic ring is 1. The summed E-state index contributed by atoms with van der Waals surface area (Å²) in [5, 5.41) is 0.0905. The van der Waals surface area contributed by atoms with E-state index in [0.29, 0.717) is 22.7 Å². The Morgan fingerprint density at radius 1 is 1.40 bits per heavy atom. The van der Waals surface area contributed by atoms with E-state index in [1.807, 2.05) is 25.3 Å². The van der Waals surface area contributed by atoms with Crippen LogP contribution in [0.4, 0.5) is 5.82 Å². The summed E-state index contributed by atoms with van der Waals surface area (Å²) in [6, 6.07) is 0. The summed E-state index contributed by atoms with van der Waals surface area (Å²) >= 11 is 1.20. The molecular weight excluding hydrogens is 429 g/mol. The Bertz CT molecular complexity index is 876. The van der Waals surface area contributed by atoms with Gasteiger partial charge in [0.15, 0.2) is 16.6 Å². The van der Waals surface area contributed by atoms with E-state index in [9.17, 15) is 9.69 Å². The molecule has 2 aromatic rings. The van der Waals surface area contributed by atoms with E-state index in [1.54, 1.807) is 6.33 Å². The predicted molar refractivity (Wildman–Crippen MR) is 115 cm³/mol. The highest BCUT2D eigenvalue weighted by Crippen LogP contribution is 2.39. The number of ether oxygens (including phenoxy) is 1. The van der Waals surface area contributed by atoms with Crippen LogP contribution >= 0.6 is 20.4 Å². The quantitative estimate of drug-likeness (QED) is 0.450. The fourth-order valence-corrected chi connectivity index (χ4v) is 4.60. The Hall–Kier alpha value is -1.36. The van der Waals surface area contributed by atoms with E-state index in [-0.39, 0.29) is 36.6 Å². The maximum absolute atomic E-state index is 11.8. The van der Waals surface area contributed by atoms with Crippen LogP contribution in [0.15, 0.2) is 12.7 Å². The van der Waals surface area contributed by atoms with Crippen LogP contribution in [-0.2, 0) is 18.6 Å². The number of hydrogen-bond donors (Lipinski definition) is 2. The molecule has 4 unspecified atom stereocenters. The fourth-order valence-electron chi connectivity index (χ4n) is 3.07. The lowest BCUT2D eigenvalue weighted by molar-refractivity contribution is -0.117. The first-order valence-electron chi connectivity index (χ1n) is 9.67. The van der Waals surface area contributed by atoms with Gasteiger partial charge in [-0.15, -0.1) is 0 Å².